The summed E-state index contributed by atoms with van der Waals surface area (Å²) in [5, 5.41) is 0. The molecule has 0 N–H and O–H groups in total. The van der Waals surface area contributed by atoms with Crippen molar-refractivity contribution < 1.29 is 14.3 Å². The van der Waals surface area contributed by atoms with Crippen LogP contribution in [0.5, 0.6) is 0 Å². The largest absolute Gasteiger partial charge is 0.451 e. The molecule has 3 nitrogen and oxygen atoms in total. The van der Waals surface area contributed by atoms with Crippen LogP contribution in [0.2, 0.25) is 0 Å². The molecule has 0 aromatic heterocycles. The normalized spacial score (nSPS) is 17.7. The van der Waals surface area contributed by atoms with Gasteiger partial charge >= 0.3 is 5.97 Å². The maximum absolute atomic E-state index is 11.9. The van der Waals surface area contributed by atoms with E-state index in [1.807, 2.05) is 6.07 Å². The molecule has 102 valence electrons. The molecule has 1 saturated carbocycles. The lowest BCUT2D eigenvalue weighted by molar-refractivity contribution is -0.116. The highest BCUT2D eigenvalue weighted by atomic mass is 16.5. The fourth-order valence-electron chi connectivity index (χ4n) is 2.66. The maximum Gasteiger partial charge on any atom is 0.338 e. The molecule has 1 aliphatic rings. The van der Waals surface area contributed by atoms with Crippen molar-refractivity contribution in [2.24, 2.45) is 5.92 Å². The van der Waals surface area contributed by atoms with Gasteiger partial charge in [-0.2, -0.15) is 0 Å². The van der Waals surface area contributed by atoms with Crippen molar-refractivity contribution in [3.05, 3.63) is 35.9 Å². The van der Waals surface area contributed by atoms with Crippen LogP contribution < -0.4 is 0 Å². The van der Waals surface area contributed by atoms with E-state index in [1.165, 1.54) is 19.3 Å². The fourth-order valence-corrected chi connectivity index (χ4v) is 2.66. The van der Waals surface area contributed by atoms with Gasteiger partial charge in [-0.05, 0) is 24.5 Å². The Morgan fingerprint density at radius 3 is 2.53 bits per heavy atom. The monoisotopic (exact) mass is 260 g/mol. The summed E-state index contributed by atoms with van der Waals surface area (Å²) in [6.07, 6.45) is 6.85. The second kappa shape index (κ2) is 7.07. The van der Waals surface area contributed by atoms with Crippen LogP contribution in [0, 0.1) is 5.92 Å². The number of benzene rings is 1. The predicted molar refractivity (Wildman–Crippen MR) is 72.9 cm³/mol. The van der Waals surface area contributed by atoms with Gasteiger partial charge in [-0.25, -0.2) is 4.79 Å². The number of aldehydes is 1. The van der Waals surface area contributed by atoms with Crippen molar-refractivity contribution in [1.29, 1.82) is 0 Å². The van der Waals surface area contributed by atoms with Crippen LogP contribution in [-0.2, 0) is 9.53 Å². The van der Waals surface area contributed by atoms with Crippen molar-refractivity contribution in [1.82, 2.24) is 0 Å². The van der Waals surface area contributed by atoms with Gasteiger partial charge in [0, 0.05) is 0 Å². The fraction of sp³-hybridized carbons (Fsp3) is 0.500. The first-order chi connectivity index (χ1) is 9.29. The van der Waals surface area contributed by atoms with Crippen molar-refractivity contribution in [2.45, 2.75) is 44.6 Å². The summed E-state index contributed by atoms with van der Waals surface area (Å²) in [4.78, 5) is 22.9. The van der Waals surface area contributed by atoms with Gasteiger partial charge in [0.05, 0.1) is 5.56 Å². The highest BCUT2D eigenvalue weighted by Gasteiger charge is 2.21. The van der Waals surface area contributed by atoms with Gasteiger partial charge < -0.3 is 4.74 Å². The van der Waals surface area contributed by atoms with E-state index in [0.717, 1.165) is 19.1 Å². The average molecular weight is 260 g/mol. The molecule has 0 spiro atoms. The van der Waals surface area contributed by atoms with Crippen LogP contribution >= 0.6 is 0 Å². The molecule has 1 atom stereocenters. The molecule has 1 aromatic rings. The molecular formula is C16H20O3. The highest BCUT2D eigenvalue weighted by molar-refractivity contribution is 5.90. The van der Waals surface area contributed by atoms with E-state index in [4.69, 9.17) is 4.74 Å². The Morgan fingerprint density at radius 2 is 1.89 bits per heavy atom. The summed E-state index contributed by atoms with van der Waals surface area (Å²) in [6.45, 7) is 0. The van der Waals surface area contributed by atoms with E-state index in [-0.39, 0.29) is 0 Å². The minimum Gasteiger partial charge on any atom is -0.451 e. The Morgan fingerprint density at radius 1 is 1.21 bits per heavy atom. The van der Waals surface area contributed by atoms with E-state index < -0.39 is 12.1 Å². The third-order valence-corrected chi connectivity index (χ3v) is 3.71. The van der Waals surface area contributed by atoms with E-state index in [0.29, 0.717) is 17.9 Å². The molecule has 0 aliphatic heterocycles. The Kier molecular flexibility index (Phi) is 5.13. The van der Waals surface area contributed by atoms with Crippen LogP contribution in [0.15, 0.2) is 30.3 Å². The van der Waals surface area contributed by atoms with Crippen LogP contribution in [-0.4, -0.2) is 18.4 Å². The Hall–Kier alpha value is -1.64. The molecule has 0 radical (unpaired) electrons. The zero-order valence-electron chi connectivity index (χ0n) is 11.1. The van der Waals surface area contributed by atoms with Gasteiger partial charge in [0.15, 0.2) is 12.4 Å². The first-order valence-corrected chi connectivity index (χ1v) is 7.01. The van der Waals surface area contributed by atoms with Gasteiger partial charge in [-0.15, -0.1) is 0 Å². The Bertz CT molecular complexity index is 407. The molecular weight excluding hydrogens is 240 g/mol. The standard InChI is InChI=1S/C16H20O3/c17-12-15(11-13-7-3-1-4-8-13)19-16(18)14-9-5-2-6-10-14/h2,5-6,9-10,12-13,15H,1,3-4,7-8,11H2/t15-/m0/s1. The van der Waals surface area contributed by atoms with E-state index in [2.05, 4.69) is 0 Å². The quantitative estimate of drug-likeness (QED) is 0.602. The maximum atomic E-state index is 11.9. The van der Waals surface area contributed by atoms with E-state index >= 15 is 0 Å². The van der Waals surface area contributed by atoms with Crippen molar-refractivity contribution in [2.75, 3.05) is 0 Å². The molecule has 0 amide bonds. The van der Waals surface area contributed by atoms with Gasteiger partial charge in [0.2, 0.25) is 0 Å². The molecule has 0 heterocycles. The number of rotatable bonds is 5. The minimum atomic E-state index is -0.601. The second-order valence-corrected chi connectivity index (χ2v) is 5.19. The van der Waals surface area contributed by atoms with Crippen LogP contribution in [0.3, 0.4) is 0 Å². The average Bonchev–Trinajstić information content (AvgIpc) is 2.48. The number of carbonyl (C=O) groups is 2. The first-order valence-electron chi connectivity index (χ1n) is 7.01. The van der Waals surface area contributed by atoms with E-state index in [1.54, 1.807) is 24.3 Å². The highest BCUT2D eigenvalue weighted by Crippen LogP contribution is 2.27. The topological polar surface area (TPSA) is 43.4 Å². The molecule has 19 heavy (non-hydrogen) atoms. The van der Waals surface area contributed by atoms with Gasteiger partial charge in [0.25, 0.3) is 0 Å². The lowest BCUT2D eigenvalue weighted by Gasteiger charge is -2.23. The minimum absolute atomic E-state index is 0.409. The summed E-state index contributed by atoms with van der Waals surface area (Å²) in [7, 11) is 0. The predicted octanol–water partition coefficient (Wildman–Crippen LogP) is 3.38. The summed E-state index contributed by atoms with van der Waals surface area (Å²) >= 11 is 0. The number of hydrogen-bond acceptors (Lipinski definition) is 3. The van der Waals surface area contributed by atoms with Crippen LogP contribution in [0.4, 0.5) is 0 Å². The Balaban J connectivity index is 1.88. The Labute approximate surface area is 114 Å². The molecule has 2 rings (SSSR count). The number of ether oxygens (including phenoxy) is 1. The summed E-state index contributed by atoms with van der Waals surface area (Å²) in [6, 6.07) is 8.81. The molecule has 3 heteroatoms. The molecule has 1 aliphatic carbocycles. The van der Waals surface area contributed by atoms with Gasteiger partial charge in [-0.3, -0.25) is 4.79 Å². The second-order valence-electron chi connectivity index (χ2n) is 5.19. The summed E-state index contributed by atoms with van der Waals surface area (Å²) < 4.78 is 5.28. The van der Waals surface area contributed by atoms with Crippen molar-refractivity contribution in [3.63, 3.8) is 0 Å². The zero-order chi connectivity index (χ0) is 13.5. The number of carbonyl (C=O) groups excluding carboxylic acids is 2. The van der Waals surface area contributed by atoms with E-state index in [9.17, 15) is 9.59 Å². The summed E-state index contributed by atoms with van der Waals surface area (Å²) in [5.41, 5.74) is 0.498. The van der Waals surface area contributed by atoms with Gasteiger partial charge in [-0.1, -0.05) is 50.3 Å². The van der Waals surface area contributed by atoms with Crippen molar-refractivity contribution in [3.8, 4) is 0 Å². The summed E-state index contributed by atoms with van der Waals surface area (Å²) in [5.74, 6) is 0.112. The molecule has 0 bridgehead atoms. The number of hydrogen-bond donors (Lipinski definition) is 0. The van der Waals surface area contributed by atoms with Crippen LogP contribution in [0.25, 0.3) is 0 Å². The lowest BCUT2D eigenvalue weighted by atomic mass is 9.85. The lowest BCUT2D eigenvalue weighted by Crippen LogP contribution is -2.24. The van der Waals surface area contributed by atoms with Crippen LogP contribution in [0.1, 0.15) is 48.9 Å². The third kappa shape index (κ3) is 4.19. The smallest absolute Gasteiger partial charge is 0.338 e. The first kappa shape index (κ1) is 13.8. The van der Waals surface area contributed by atoms with Gasteiger partial charge in [0.1, 0.15) is 0 Å². The third-order valence-electron chi connectivity index (χ3n) is 3.71. The van der Waals surface area contributed by atoms with Crippen molar-refractivity contribution >= 4 is 12.3 Å². The molecule has 0 unspecified atom stereocenters. The molecule has 1 aromatic carbocycles. The SMILES string of the molecule is O=C[C@H](CC1CCCCC1)OC(=O)c1ccccc1. The zero-order valence-corrected chi connectivity index (χ0v) is 11.1. The number of esters is 1. The molecule has 0 saturated heterocycles. The molecule has 1 fully saturated rings.